The van der Waals surface area contributed by atoms with E-state index in [-0.39, 0.29) is 0 Å². The molecule has 4 N–H and O–H groups in total. The molecule has 0 saturated heterocycles. The van der Waals surface area contributed by atoms with E-state index in [0.29, 0.717) is 17.8 Å². The third-order valence-electron chi connectivity index (χ3n) is 2.75. The highest BCUT2D eigenvalue weighted by Gasteiger charge is 2.25. The predicted molar refractivity (Wildman–Crippen MR) is 49.9 cm³/mol. The number of nitrogens with two attached hydrogens (primary N) is 2. The number of nitrogen functional groups attached to an aromatic ring is 1. The molecule has 1 saturated carbocycles. The van der Waals surface area contributed by atoms with E-state index in [9.17, 15) is 0 Å². The highest BCUT2D eigenvalue weighted by molar-refractivity contribution is 5.20. The zero-order valence-corrected chi connectivity index (χ0v) is 7.56. The van der Waals surface area contributed by atoms with Gasteiger partial charge in [-0.1, -0.05) is 5.21 Å². The van der Waals surface area contributed by atoms with Crippen molar-refractivity contribution in [1.29, 1.82) is 0 Å². The molecule has 5 nitrogen and oxygen atoms in total. The van der Waals surface area contributed by atoms with Crippen LogP contribution in [0.5, 0.6) is 0 Å². The van der Waals surface area contributed by atoms with Crippen LogP contribution in [0, 0.1) is 5.92 Å². The summed E-state index contributed by atoms with van der Waals surface area (Å²) in [4.78, 5) is 0. The molecule has 0 spiro atoms. The number of aromatic nitrogens is 3. The summed E-state index contributed by atoms with van der Waals surface area (Å²) in [6.07, 6.45) is 5.24. The number of hydrogen-bond donors (Lipinski definition) is 2. The molecule has 5 heteroatoms. The van der Waals surface area contributed by atoms with Crippen LogP contribution in [-0.2, 0) is 0 Å². The van der Waals surface area contributed by atoms with Gasteiger partial charge in [-0.2, -0.15) is 0 Å². The third kappa shape index (κ3) is 1.65. The van der Waals surface area contributed by atoms with Gasteiger partial charge in [-0.05, 0) is 31.7 Å². The average Bonchev–Trinajstić information content (AvgIpc) is 2.71. The third-order valence-corrected chi connectivity index (χ3v) is 2.75. The molecule has 0 aromatic carbocycles. The van der Waals surface area contributed by atoms with Gasteiger partial charge in [0, 0.05) is 0 Å². The maximum absolute atomic E-state index is 5.61. The second-order valence-electron chi connectivity index (χ2n) is 3.69. The van der Waals surface area contributed by atoms with Gasteiger partial charge in [-0.3, -0.25) is 0 Å². The first-order chi connectivity index (χ1) is 6.29. The molecule has 1 aromatic heterocycles. The summed E-state index contributed by atoms with van der Waals surface area (Å²) in [6, 6.07) is 0.457. The second kappa shape index (κ2) is 3.33. The highest BCUT2D eigenvalue weighted by atomic mass is 15.4. The van der Waals surface area contributed by atoms with Crippen LogP contribution >= 0.6 is 0 Å². The van der Waals surface area contributed by atoms with Crippen LogP contribution in [0.3, 0.4) is 0 Å². The fourth-order valence-electron chi connectivity index (χ4n) is 1.97. The van der Waals surface area contributed by atoms with Crippen molar-refractivity contribution in [3.63, 3.8) is 0 Å². The van der Waals surface area contributed by atoms with Gasteiger partial charge in [0.1, 0.15) is 0 Å². The molecule has 1 heterocycles. The van der Waals surface area contributed by atoms with Gasteiger partial charge < -0.3 is 11.5 Å². The predicted octanol–water partition coefficient (Wildman–Crippen LogP) is 0.160. The van der Waals surface area contributed by atoms with Crippen molar-refractivity contribution in [3.05, 3.63) is 6.20 Å². The first-order valence-electron chi connectivity index (χ1n) is 4.67. The molecule has 2 atom stereocenters. The lowest BCUT2D eigenvalue weighted by atomic mass is 10.1. The summed E-state index contributed by atoms with van der Waals surface area (Å²) < 4.78 is 1.87. The van der Waals surface area contributed by atoms with Crippen molar-refractivity contribution in [2.45, 2.75) is 25.3 Å². The monoisotopic (exact) mass is 181 g/mol. The quantitative estimate of drug-likeness (QED) is 0.680. The minimum absolute atomic E-state index is 0.457. The molecule has 1 aliphatic carbocycles. The van der Waals surface area contributed by atoms with Gasteiger partial charge in [-0.15, -0.1) is 5.10 Å². The standard InChI is InChI=1S/C8H15N5/c9-4-6-1-2-7(3-6)13-5-8(10)11-12-13/h5-7H,1-4,9-10H2. The maximum atomic E-state index is 5.61. The van der Waals surface area contributed by atoms with Crippen LogP contribution in [0.1, 0.15) is 25.3 Å². The molecule has 0 radical (unpaired) electrons. The summed E-state index contributed by atoms with van der Waals surface area (Å²) in [6.45, 7) is 0.778. The fourth-order valence-corrected chi connectivity index (χ4v) is 1.97. The minimum atomic E-state index is 0.457. The lowest BCUT2D eigenvalue weighted by molar-refractivity contribution is 0.433. The molecule has 1 fully saturated rings. The Balaban J connectivity index is 2.03. The Kier molecular flexibility index (Phi) is 2.18. The number of rotatable bonds is 2. The summed E-state index contributed by atoms with van der Waals surface area (Å²) >= 11 is 0. The number of hydrogen-bond acceptors (Lipinski definition) is 4. The zero-order valence-electron chi connectivity index (χ0n) is 7.56. The van der Waals surface area contributed by atoms with Crippen LogP contribution < -0.4 is 11.5 Å². The lowest BCUT2D eigenvalue weighted by Crippen LogP contribution is -2.12. The summed E-state index contributed by atoms with van der Waals surface area (Å²) in [7, 11) is 0. The van der Waals surface area contributed by atoms with E-state index in [1.165, 1.54) is 6.42 Å². The SMILES string of the molecule is NCC1CCC(n2cc(N)nn2)C1. The van der Waals surface area contributed by atoms with Crippen LogP contribution in [0.15, 0.2) is 6.20 Å². The summed E-state index contributed by atoms with van der Waals surface area (Å²) in [5.74, 6) is 1.15. The minimum Gasteiger partial charge on any atom is -0.381 e. The Bertz CT molecular complexity index is 282. The van der Waals surface area contributed by atoms with Crippen LogP contribution in [0.2, 0.25) is 0 Å². The second-order valence-corrected chi connectivity index (χ2v) is 3.69. The van der Waals surface area contributed by atoms with Gasteiger partial charge in [0.2, 0.25) is 0 Å². The molecule has 2 rings (SSSR count). The van der Waals surface area contributed by atoms with Gasteiger partial charge in [-0.25, -0.2) is 4.68 Å². The first kappa shape index (κ1) is 8.50. The Morgan fingerprint density at radius 2 is 2.38 bits per heavy atom. The average molecular weight is 181 g/mol. The van der Waals surface area contributed by atoms with Crippen molar-refractivity contribution in [2.75, 3.05) is 12.3 Å². The van der Waals surface area contributed by atoms with E-state index in [1.54, 1.807) is 6.20 Å². The largest absolute Gasteiger partial charge is 0.381 e. The molecule has 72 valence electrons. The van der Waals surface area contributed by atoms with Gasteiger partial charge in [0.15, 0.2) is 5.82 Å². The molecule has 1 aromatic rings. The molecule has 13 heavy (non-hydrogen) atoms. The van der Waals surface area contributed by atoms with E-state index in [1.807, 2.05) is 4.68 Å². The summed E-state index contributed by atoms with van der Waals surface area (Å²) in [5.41, 5.74) is 11.1. The van der Waals surface area contributed by atoms with E-state index in [4.69, 9.17) is 11.5 Å². The van der Waals surface area contributed by atoms with Crippen molar-refractivity contribution < 1.29 is 0 Å². The normalized spacial score (nSPS) is 28.1. The van der Waals surface area contributed by atoms with Crippen LogP contribution in [0.25, 0.3) is 0 Å². The fraction of sp³-hybridized carbons (Fsp3) is 0.750. The van der Waals surface area contributed by atoms with E-state index in [0.717, 1.165) is 19.4 Å². The number of anilines is 1. The van der Waals surface area contributed by atoms with Crippen LogP contribution in [-0.4, -0.2) is 21.5 Å². The Hall–Kier alpha value is -1.10. The highest BCUT2D eigenvalue weighted by Crippen LogP contribution is 2.33. The Labute approximate surface area is 77.1 Å². The molecule has 0 amide bonds. The maximum Gasteiger partial charge on any atom is 0.165 e. The number of nitrogens with zero attached hydrogens (tertiary/aromatic N) is 3. The molecule has 1 aliphatic rings. The molecular formula is C8H15N5. The molecule has 2 unspecified atom stereocenters. The van der Waals surface area contributed by atoms with Gasteiger partial charge in [0.25, 0.3) is 0 Å². The van der Waals surface area contributed by atoms with Crippen molar-refractivity contribution in [1.82, 2.24) is 15.0 Å². The molecular weight excluding hydrogens is 166 g/mol. The van der Waals surface area contributed by atoms with Crippen molar-refractivity contribution >= 4 is 5.82 Å². The van der Waals surface area contributed by atoms with Crippen molar-refractivity contribution in [2.24, 2.45) is 11.7 Å². The van der Waals surface area contributed by atoms with Gasteiger partial charge in [0.05, 0.1) is 12.2 Å². The van der Waals surface area contributed by atoms with E-state index >= 15 is 0 Å². The molecule has 0 aliphatic heterocycles. The van der Waals surface area contributed by atoms with Crippen LogP contribution in [0.4, 0.5) is 5.82 Å². The lowest BCUT2D eigenvalue weighted by Gasteiger charge is -2.08. The Morgan fingerprint density at radius 1 is 1.54 bits per heavy atom. The zero-order chi connectivity index (χ0) is 9.26. The molecule has 0 bridgehead atoms. The van der Waals surface area contributed by atoms with E-state index in [2.05, 4.69) is 10.3 Å². The van der Waals surface area contributed by atoms with E-state index < -0.39 is 0 Å². The first-order valence-corrected chi connectivity index (χ1v) is 4.67. The Morgan fingerprint density at radius 3 is 2.92 bits per heavy atom. The van der Waals surface area contributed by atoms with Crippen molar-refractivity contribution in [3.8, 4) is 0 Å². The van der Waals surface area contributed by atoms with Gasteiger partial charge >= 0.3 is 0 Å². The smallest absolute Gasteiger partial charge is 0.165 e. The topological polar surface area (TPSA) is 82.8 Å². The summed E-state index contributed by atoms with van der Waals surface area (Å²) in [5, 5.41) is 7.74.